The standard InChI is InChI=1S/C17H20ClN3O2/c1-9-8-17(2,3)21(4)14-7-12(18)10(5-11(9)14)6-13-15(22)20-16(23)19-13/h5-7,9H,8H2,1-4H3,(H2,19,20,22,23)/b13-6+. The first-order valence-corrected chi connectivity index (χ1v) is 7.98. The van der Waals surface area contributed by atoms with E-state index in [0.29, 0.717) is 10.9 Å². The number of fused-ring (bicyclic) bond motifs is 1. The first-order chi connectivity index (χ1) is 10.7. The van der Waals surface area contributed by atoms with E-state index in [-0.39, 0.29) is 11.2 Å². The Morgan fingerprint density at radius 2 is 2.00 bits per heavy atom. The first-order valence-electron chi connectivity index (χ1n) is 7.60. The number of nitrogens with one attached hydrogen (secondary N) is 2. The molecule has 2 N–H and O–H groups in total. The van der Waals surface area contributed by atoms with Gasteiger partial charge in [0.2, 0.25) is 0 Å². The van der Waals surface area contributed by atoms with Crippen LogP contribution in [0.15, 0.2) is 17.8 Å². The summed E-state index contributed by atoms with van der Waals surface area (Å²) in [6.45, 7) is 6.63. The quantitative estimate of drug-likeness (QED) is 0.612. The maximum atomic E-state index is 11.7. The lowest BCUT2D eigenvalue weighted by atomic mass is 9.80. The molecule has 0 aromatic heterocycles. The summed E-state index contributed by atoms with van der Waals surface area (Å²) in [6, 6.07) is 3.44. The van der Waals surface area contributed by atoms with E-state index in [9.17, 15) is 9.59 Å². The molecule has 1 aromatic rings. The monoisotopic (exact) mass is 333 g/mol. The molecule has 1 fully saturated rings. The number of imide groups is 1. The van der Waals surface area contributed by atoms with Gasteiger partial charge in [0.1, 0.15) is 5.70 Å². The van der Waals surface area contributed by atoms with E-state index in [1.54, 1.807) is 6.08 Å². The summed E-state index contributed by atoms with van der Waals surface area (Å²) >= 11 is 6.41. The fraction of sp³-hybridized carbons (Fsp3) is 0.412. The molecule has 122 valence electrons. The van der Waals surface area contributed by atoms with Gasteiger partial charge in [-0.3, -0.25) is 10.1 Å². The zero-order valence-electron chi connectivity index (χ0n) is 13.7. The lowest BCUT2D eigenvalue weighted by Gasteiger charge is -2.45. The summed E-state index contributed by atoms with van der Waals surface area (Å²) in [5, 5.41) is 5.23. The Morgan fingerprint density at radius 1 is 1.30 bits per heavy atom. The number of halogens is 1. The molecule has 2 aliphatic heterocycles. The van der Waals surface area contributed by atoms with Gasteiger partial charge in [0.15, 0.2) is 0 Å². The second-order valence-electron chi connectivity index (χ2n) is 6.88. The second-order valence-corrected chi connectivity index (χ2v) is 7.28. The minimum atomic E-state index is -0.509. The van der Waals surface area contributed by atoms with Crippen molar-refractivity contribution in [2.75, 3.05) is 11.9 Å². The van der Waals surface area contributed by atoms with Crippen LogP contribution in [0.5, 0.6) is 0 Å². The zero-order chi connectivity index (χ0) is 16.9. The summed E-state index contributed by atoms with van der Waals surface area (Å²) in [5.74, 6) is -0.0484. The van der Waals surface area contributed by atoms with Crippen LogP contribution < -0.4 is 15.5 Å². The molecular formula is C17H20ClN3O2. The lowest BCUT2D eigenvalue weighted by molar-refractivity contribution is -0.115. The van der Waals surface area contributed by atoms with E-state index < -0.39 is 11.9 Å². The van der Waals surface area contributed by atoms with E-state index in [1.165, 1.54) is 5.56 Å². The molecule has 1 saturated heterocycles. The van der Waals surface area contributed by atoms with Crippen LogP contribution >= 0.6 is 11.6 Å². The molecule has 0 aliphatic carbocycles. The highest BCUT2D eigenvalue weighted by atomic mass is 35.5. The van der Waals surface area contributed by atoms with Crippen molar-refractivity contribution < 1.29 is 9.59 Å². The number of rotatable bonds is 1. The molecule has 2 heterocycles. The zero-order valence-corrected chi connectivity index (χ0v) is 14.4. The number of amides is 3. The van der Waals surface area contributed by atoms with Gasteiger partial charge in [-0.15, -0.1) is 0 Å². The molecule has 2 aliphatic rings. The predicted molar refractivity (Wildman–Crippen MR) is 91.6 cm³/mol. The van der Waals surface area contributed by atoms with Gasteiger partial charge in [-0.05, 0) is 55.5 Å². The average molecular weight is 334 g/mol. The highest BCUT2D eigenvalue weighted by molar-refractivity contribution is 6.32. The van der Waals surface area contributed by atoms with Gasteiger partial charge in [-0.25, -0.2) is 4.79 Å². The minimum absolute atomic E-state index is 0.0645. The maximum Gasteiger partial charge on any atom is 0.326 e. The SMILES string of the molecule is CC1CC(C)(C)N(C)c2cc(Cl)c(/C=C3/NC(=O)NC3=O)cc21. The van der Waals surface area contributed by atoms with Gasteiger partial charge in [-0.1, -0.05) is 18.5 Å². The van der Waals surface area contributed by atoms with Crippen molar-refractivity contribution in [1.29, 1.82) is 0 Å². The van der Waals surface area contributed by atoms with Crippen molar-refractivity contribution in [2.45, 2.75) is 38.6 Å². The molecule has 6 heteroatoms. The smallest absolute Gasteiger partial charge is 0.326 e. The molecule has 0 radical (unpaired) electrons. The fourth-order valence-electron chi connectivity index (χ4n) is 3.35. The lowest BCUT2D eigenvalue weighted by Crippen LogP contribution is -2.45. The van der Waals surface area contributed by atoms with E-state index in [1.807, 2.05) is 12.1 Å². The Labute approximate surface area is 140 Å². The number of urea groups is 1. The molecule has 0 saturated carbocycles. The molecule has 1 atom stereocenters. The second kappa shape index (κ2) is 5.27. The highest BCUT2D eigenvalue weighted by Crippen LogP contribution is 2.44. The van der Waals surface area contributed by atoms with Crippen LogP contribution in [0.25, 0.3) is 6.08 Å². The Balaban J connectivity index is 2.06. The normalized spacial score (nSPS) is 24.5. The van der Waals surface area contributed by atoms with Gasteiger partial charge < -0.3 is 10.2 Å². The fourth-order valence-corrected chi connectivity index (χ4v) is 3.57. The summed E-state index contributed by atoms with van der Waals surface area (Å²) < 4.78 is 0. The van der Waals surface area contributed by atoms with E-state index in [0.717, 1.165) is 17.7 Å². The molecule has 1 aromatic carbocycles. The van der Waals surface area contributed by atoms with Crippen molar-refractivity contribution in [3.05, 3.63) is 34.0 Å². The number of benzene rings is 1. The summed E-state index contributed by atoms with van der Waals surface area (Å²) in [7, 11) is 2.07. The van der Waals surface area contributed by atoms with Crippen molar-refractivity contribution in [2.24, 2.45) is 0 Å². The number of anilines is 1. The van der Waals surface area contributed by atoms with Gasteiger partial charge in [-0.2, -0.15) is 0 Å². The Hall–Kier alpha value is -2.01. The van der Waals surface area contributed by atoms with Crippen LogP contribution in [0.2, 0.25) is 5.02 Å². The predicted octanol–water partition coefficient (Wildman–Crippen LogP) is 3.24. The molecule has 3 amide bonds. The molecule has 23 heavy (non-hydrogen) atoms. The van der Waals surface area contributed by atoms with Crippen molar-refractivity contribution in [3.8, 4) is 0 Å². The highest BCUT2D eigenvalue weighted by Gasteiger charge is 2.34. The molecule has 3 rings (SSSR count). The van der Waals surface area contributed by atoms with Gasteiger partial charge in [0, 0.05) is 23.3 Å². The largest absolute Gasteiger partial charge is 0.369 e. The van der Waals surface area contributed by atoms with E-state index in [4.69, 9.17) is 11.6 Å². The molecule has 1 unspecified atom stereocenters. The number of nitrogens with zero attached hydrogens (tertiary/aromatic N) is 1. The van der Waals surface area contributed by atoms with Crippen LogP contribution in [-0.2, 0) is 4.79 Å². The topological polar surface area (TPSA) is 61.4 Å². The molecular weight excluding hydrogens is 314 g/mol. The van der Waals surface area contributed by atoms with Crippen LogP contribution in [0, 0.1) is 0 Å². The first kappa shape index (κ1) is 15.9. The van der Waals surface area contributed by atoms with Crippen LogP contribution in [-0.4, -0.2) is 24.5 Å². The van der Waals surface area contributed by atoms with E-state index in [2.05, 4.69) is 43.4 Å². The van der Waals surface area contributed by atoms with E-state index >= 15 is 0 Å². The Kier molecular flexibility index (Phi) is 3.64. The molecule has 0 spiro atoms. The number of hydrogen-bond acceptors (Lipinski definition) is 3. The Bertz CT molecular complexity index is 740. The van der Waals surface area contributed by atoms with Gasteiger partial charge in [0.05, 0.1) is 0 Å². The maximum absolute atomic E-state index is 11.7. The summed E-state index contributed by atoms with van der Waals surface area (Å²) in [5.41, 5.74) is 3.33. The third-order valence-electron chi connectivity index (χ3n) is 4.77. The number of hydrogen-bond donors (Lipinski definition) is 2. The summed E-state index contributed by atoms with van der Waals surface area (Å²) in [4.78, 5) is 25.1. The minimum Gasteiger partial charge on any atom is -0.369 e. The average Bonchev–Trinajstić information content (AvgIpc) is 2.76. The molecule has 5 nitrogen and oxygen atoms in total. The third kappa shape index (κ3) is 2.70. The van der Waals surface area contributed by atoms with Crippen LogP contribution in [0.3, 0.4) is 0 Å². The Morgan fingerprint density at radius 3 is 2.61 bits per heavy atom. The number of carbonyl (C=O) groups is 2. The van der Waals surface area contributed by atoms with Gasteiger partial charge in [0.25, 0.3) is 5.91 Å². The van der Waals surface area contributed by atoms with Crippen molar-refractivity contribution in [3.63, 3.8) is 0 Å². The third-order valence-corrected chi connectivity index (χ3v) is 5.10. The summed E-state index contributed by atoms with van der Waals surface area (Å²) in [6.07, 6.45) is 2.65. The van der Waals surface area contributed by atoms with Crippen molar-refractivity contribution >= 4 is 35.3 Å². The van der Waals surface area contributed by atoms with Crippen LogP contribution in [0.4, 0.5) is 10.5 Å². The number of carbonyl (C=O) groups excluding carboxylic acids is 2. The molecule has 0 bridgehead atoms. The van der Waals surface area contributed by atoms with Crippen LogP contribution in [0.1, 0.15) is 44.2 Å². The van der Waals surface area contributed by atoms with Gasteiger partial charge >= 0.3 is 6.03 Å². The van der Waals surface area contributed by atoms with Crippen molar-refractivity contribution in [1.82, 2.24) is 10.6 Å².